The average molecular weight is 392 g/mol. The van der Waals surface area contributed by atoms with Crippen molar-refractivity contribution in [2.75, 3.05) is 10.6 Å². The third-order valence-electron chi connectivity index (χ3n) is 3.66. The molecule has 0 saturated carbocycles. The minimum Gasteiger partial charge on any atom is -0.362 e. The van der Waals surface area contributed by atoms with E-state index in [9.17, 15) is 0 Å². The van der Waals surface area contributed by atoms with Crippen LogP contribution >= 0.6 is 34.0 Å². The van der Waals surface area contributed by atoms with E-state index in [0.29, 0.717) is 23.2 Å². The Kier molecular flexibility index (Phi) is 5.70. The lowest BCUT2D eigenvalue weighted by Gasteiger charge is -2.14. The predicted octanol–water partition coefficient (Wildman–Crippen LogP) is 4.79. The molecule has 0 aliphatic rings. The molecule has 130 valence electrons. The molecule has 25 heavy (non-hydrogen) atoms. The third-order valence-corrected chi connectivity index (χ3v) is 5.67. The lowest BCUT2D eigenvalue weighted by Crippen LogP contribution is -2.03. The van der Waals surface area contributed by atoms with E-state index < -0.39 is 10.7 Å². The maximum absolute atomic E-state index is 6.25. The van der Waals surface area contributed by atoms with Gasteiger partial charge in [-0.3, -0.25) is 5.14 Å². The summed E-state index contributed by atoms with van der Waals surface area (Å²) in [6.07, 6.45) is 0. The Morgan fingerprint density at radius 1 is 1.16 bits per heavy atom. The summed E-state index contributed by atoms with van der Waals surface area (Å²) in [6.45, 7) is 2.65. The molecule has 1 unspecified atom stereocenters. The summed E-state index contributed by atoms with van der Waals surface area (Å²) in [5, 5.41) is 13.2. The number of aromatic nitrogens is 2. The van der Waals surface area contributed by atoms with Gasteiger partial charge in [-0.25, -0.2) is 0 Å². The lowest BCUT2D eigenvalue weighted by molar-refractivity contribution is 1.13. The molecule has 0 radical (unpaired) electrons. The van der Waals surface area contributed by atoms with Gasteiger partial charge >= 0.3 is 0 Å². The van der Waals surface area contributed by atoms with E-state index in [1.165, 1.54) is 5.56 Å². The first-order valence-electron chi connectivity index (χ1n) is 7.51. The Morgan fingerprint density at radius 2 is 1.88 bits per heavy atom. The first-order valence-corrected chi connectivity index (χ1v) is 10.1. The molecule has 8 heteroatoms. The fourth-order valence-corrected chi connectivity index (χ4v) is 4.22. The second kappa shape index (κ2) is 7.97. The highest BCUT2D eigenvalue weighted by atomic mass is 35.5. The molecule has 0 saturated heterocycles. The maximum atomic E-state index is 6.25. The van der Waals surface area contributed by atoms with E-state index in [4.69, 9.17) is 16.7 Å². The fourth-order valence-electron chi connectivity index (χ4n) is 2.41. The van der Waals surface area contributed by atoms with Crippen LogP contribution in [0.5, 0.6) is 0 Å². The topological polar surface area (TPSA) is 75.9 Å². The van der Waals surface area contributed by atoms with Crippen LogP contribution in [0.4, 0.5) is 17.3 Å². The molecule has 0 amide bonds. The van der Waals surface area contributed by atoms with Gasteiger partial charge in [-0.2, -0.15) is 8.75 Å². The monoisotopic (exact) mass is 391 g/mol. The van der Waals surface area contributed by atoms with Crippen LogP contribution in [0.2, 0.25) is 5.02 Å². The van der Waals surface area contributed by atoms with E-state index in [0.717, 1.165) is 27.9 Å². The molecule has 3 rings (SSSR count). The van der Waals surface area contributed by atoms with Crippen molar-refractivity contribution in [2.24, 2.45) is 5.14 Å². The Morgan fingerprint density at radius 3 is 2.60 bits per heavy atom. The van der Waals surface area contributed by atoms with E-state index in [2.05, 4.69) is 37.4 Å². The number of rotatable bonds is 6. The molecule has 4 N–H and O–H groups in total. The number of nitrogens with two attached hydrogens (primary N) is 1. The maximum Gasteiger partial charge on any atom is 0.188 e. The van der Waals surface area contributed by atoms with Gasteiger partial charge in [0.2, 0.25) is 0 Å². The van der Waals surface area contributed by atoms with E-state index in [1.54, 1.807) is 0 Å². The van der Waals surface area contributed by atoms with Gasteiger partial charge in [-0.05, 0) is 30.2 Å². The van der Waals surface area contributed by atoms with Crippen molar-refractivity contribution >= 4 is 57.2 Å². The van der Waals surface area contributed by atoms with Crippen LogP contribution < -0.4 is 15.8 Å². The van der Waals surface area contributed by atoms with Crippen LogP contribution in [0, 0.1) is 6.92 Å². The van der Waals surface area contributed by atoms with E-state index >= 15 is 0 Å². The average Bonchev–Trinajstić information content (AvgIpc) is 3.03. The van der Waals surface area contributed by atoms with Crippen molar-refractivity contribution in [3.63, 3.8) is 0 Å². The van der Waals surface area contributed by atoms with Crippen LogP contribution in [-0.4, -0.2) is 14.6 Å². The highest BCUT2D eigenvalue weighted by Gasteiger charge is 2.13. The first kappa shape index (κ1) is 17.9. The summed E-state index contributed by atoms with van der Waals surface area (Å²) >= 11 is 7.40. The zero-order valence-electron chi connectivity index (χ0n) is 13.6. The second-order valence-electron chi connectivity index (χ2n) is 5.40. The smallest absolute Gasteiger partial charge is 0.188 e. The molecule has 0 spiro atoms. The van der Waals surface area contributed by atoms with Gasteiger partial charge in [0, 0.05) is 17.1 Å². The lowest BCUT2D eigenvalue weighted by atomic mass is 10.2. The molecular formula is C17H18ClN5S2. The molecule has 2 aromatic carbocycles. The van der Waals surface area contributed by atoms with Crippen LogP contribution in [-0.2, 0) is 6.54 Å². The van der Waals surface area contributed by atoms with Gasteiger partial charge in [0.05, 0.1) is 16.8 Å². The quantitative estimate of drug-likeness (QED) is 0.527. The van der Waals surface area contributed by atoms with Crippen LogP contribution in [0.1, 0.15) is 11.1 Å². The highest BCUT2D eigenvalue weighted by molar-refractivity contribution is 8.12. The zero-order chi connectivity index (χ0) is 17.8. The molecule has 5 nitrogen and oxygen atoms in total. The highest BCUT2D eigenvalue weighted by Crippen LogP contribution is 2.36. The largest absolute Gasteiger partial charge is 0.362 e. The van der Waals surface area contributed by atoms with Crippen molar-refractivity contribution < 1.29 is 0 Å². The number of hydrogen-bond acceptors (Lipinski definition) is 6. The second-order valence-corrected chi connectivity index (χ2v) is 7.61. The molecule has 1 heterocycles. The molecule has 3 aromatic rings. The number of benzene rings is 2. The summed E-state index contributed by atoms with van der Waals surface area (Å²) in [6, 6.07) is 13.9. The minimum atomic E-state index is -0.665. The standard InChI is InChI=1S/C17H18ClN5S2/c1-11-14(9-8-13(18)15(11)25(2)19)21-17-16(22-24-23-17)20-10-12-6-4-3-5-7-12/h3-9H,2,10,19H2,1H3,(H,20,22)(H,21,23). The normalized spacial score (nSPS) is 12.0. The summed E-state index contributed by atoms with van der Waals surface area (Å²) in [5.74, 6) is 5.30. The summed E-state index contributed by atoms with van der Waals surface area (Å²) in [4.78, 5) is 0.855. The Hall–Kier alpha value is -1.93. The van der Waals surface area contributed by atoms with Crippen molar-refractivity contribution in [3.05, 3.63) is 58.6 Å². The van der Waals surface area contributed by atoms with Crippen molar-refractivity contribution in [3.8, 4) is 0 Å². The fraction of sp³-hybridized carbons (Fsp3) is 0.118. The molecule has 1 atom stereocenters. The molecule has 0 bridgehead atoms. The van der Waals surface area contributed by atoms with Gasteiger partial charge in [0.1, 0.15) is 0 Å². The Labute approximate surface area is 158 Å². The number of nitrogens with zero attached hydrogens (tertiary/aromatic N) is 2. The van der Waals surface area contributed by atoms with Crippen LogP contribution in [0.15, 0.2) is 47.4 Å². The zero-order valence-corrected chi connectivity index (χ0v) is 16.0. The van der Waals surface area contributed by atoms with Gasteiger partial charge < -0.3 is 10.6 Å². The van der Waals surface area contributed by atoms with Crippen LogP contribution in [0.3, 0.4) is 0 Å². The number of hydrogen-bond donors (Lipinski definition) is 3. The molecule has 0 aliphatic carbocycles. The molecule has 0 fully saturated rings. The van der Waals surface area contributed by atoms with E-state index in [-0.39, 0.29) is 0 Å². The molecular weight excluding hydrogens is 374 g/mol. The third kappa shape index (κ3) is 4.19. The number of anilines is 3. The van der Waals surface area contributed by atoms with Crippen molar-refractivity contribution in [2.45, 2.75) is 18.4 Å². The minimum absolute atomic E-state index is 0.628. The van der Waals surface area contributed by atoms with Crippen LogP contribution in [0.25, 0.3) is 0 Å². The van der Waals surface area contributed by atoms with Crippen molar-refractivity contribution in [1.29, 1.82) is 0 Å². The SMILES string of the molecule is C=S(N)c1c(Cl)ccc(Nc2nsnc2NCc2ccccc2)c1C. The van der Waals surface area contributed by atoms with E-state index in [1.807, 2.05) is 37.3 Å². The molecule has 0 aliphatic heterocycles. The summed E-state index contributed by atoms with van der Waals surface area (Å²) < 4.78 is 8.67. The number of nitrogens with one attached hydrogen (secondary N) is 2. The Bertz CT molecular complexity index is 895. The van der Waals surface area contributed by atoms with Gasteiger partial charge in [-0.15, -0.1) is 0 Å². The predicted molar refractivity (Wildman–Crippen MR) is 110 cm³/mol. The first-order chi connectivity index (χ1) is 12.1. The molecule has 1 aromatic heterocycles. The summed E-state index contributed by atoms with van der Waals surface area (Å²) in [7, 11) is -0.665. The van der Waals surface area contributed by atoms with Gasteiger partial charge in [-0.1, -0.05) is 58.5 Å². The summed E-state index contributed by atoms with van der Waals surface area (Å²) in [5.41, 5.74) is 3.03. The van der Waals surface area contributed by atoms with Crippen molar-refractivity contribution in [1.82, 2.24) is 8.75 Å². The number of halogens is 1. The van der Waals surface area contributed by atoms with Gasteiger partial charge in [0.25, 0.3) is 0 Å². The van der Waals surface area contributed by atoms with Gasteiger partial charge in [0.15, 0.2) is 11.6 Å². The Balaban J connectivity index is 1.80.